The van der Waals surface area contributed by atoms with E-state index in [1.165, 1.54) is 4.90 Å². The monoisotopic (exact) mass is 391 g/mol. The molecule has 3 aromatic carbocycles. The van der Waals surface area contributed by atoms with Gasteiger partial charge in [0.25, 0.3) is 11.1 Å². The van der Waals surface area contributed by atoms with Crippen molar-refractivity contribution in [2.24, 2.45) is 0 Å². The average molecular weight is 392 g/mol. The first-order valence-corrected chi connectivity index (χ1v) is 10.6. The van der Waals surface area contributed by atoms with Gasteiger partial charge in [-0.2, -0.15) is 0 Å². The minimum absolute atomic E-state index is 0.222. The second-order valence-corrected chi connectivity index (χ2v) is 8.10. The lowest BCUT2D eigenvalue weighted by molar-refractivity contribution is -0.123. The Hall–Kier alpha value is -2.50. The van der Waals surface area contributed by atoms with E-state index >= 15 is 0 Å². The van der Waals surface area contributed by atoms with Crippen LogP contribution in [-0.4, -0.2) is 22.3 Å². The Bertz CT molecular complexity index is 1060. The van der Waals surface area contributed by atoms with E-state index in [9.17, 15) is 9.59 Å². The van der Waals surface area contributed by atoms with E-state index < -0.39 is 0 Å². The first-order valence-electron chi connectivity index (χ1n) is 8.51. The average Bonchev–Trinajstić information content (AvgIpc) is 2.96. The zero-order chi connectivity index (χ0) is 18.8. The zero-order valence-corrected chi connectivity index (χ0v) is 16.3. The fourth-order valence-electron chi connectivity index (χ4n) is 3.01. The SMILES string of the molecule is CSc1ccc(/C=C2\SC(=O)N(Cc3ccc4ccccc4c3)C2=O)cc1. The summed E-state index contributed by atoms with van der Waals surface area (Å²) >= 11 is 2.67. The van der Waals surface area contributed by atoms with Crippen molar-refractivity contribution in [1.29, 1.82) is 0 Å². The van der Waals surface area contributed by atoms with Gasteiger partial charge in [0.2, 0.25) is 0 Å². The van der Waals surface area contributed by atoms with Crippen LogP contribution in [0.25, 0.3) is 16.8 Å². The molecule has 1 aliphatic rings. The fourth-order valence-corrected chi connectivity index (χ4v) is 4.25. The van der Waals surface area contributed by atoms with E-state index in [1.54, 1.807) is 17.8 Å². The predicted molar refractivity (Wildman–Crippen MR) is 114 cm³/mol. The van der Waals surface area contributed by atoms with E-state index in [1.807, 2.05) is 73.0 Å². The zero-order valence-electron chi connectivity index (χ0n) is 14.7. The highest BCUT2D eigenvalue weighted by Gasteiger charge is 2.34. The Labute approximate surface area is 166 Å². The maximum atomic E-state index is 12.7. The number of fused-ring (bicyclic) bond motifs is 1. The summed E-state index contributed by atoms with van der Waals surface area (Å²) in [4.78, 5) is 28.1. The summed E-state index contributed by atoms with van der Waals surface area (Å²) in [5.74, 6) is -0.230. The topological polar surface area (TPSA) is 37.4 Å². The molecule has 1 heterocycles. The van der Waals surface area contributed by atoms with Gasteiger partial charge in [0.1, 0.15) is 0 Å². The lowest BCUT2D eigenvalue weighted by Gasteiger charge is -2.13. The third kappa shape index (κ3) is 3.80. The van der Waals surface area contributed by atoms with Gasteiger partial charge in [-0.3, -0.25) is 14.5 Å². The van der Waals surface area contributed by atoms with Crippen LogP contribution in [-0.2, 0) is 11.3 Å². The highest BCUT2D eigenvalue weighted by molar-refractivity contribution is 8.18. The summed E-state index contributed by atoms with van der Waals surface area (Å²) in [6.07, 6.45) is 3.81. The van der Waals surface area contributed by atoms with Crippen LogP contribution in [0.5, 0.6) is 0 Å². The molecule has 0 unspecified atom stereocenters. The molecule has 0 saturated carbocycles. The molecule has 0 N–H and O–H groups in total. The van der Waals surface area contributed by atoms with E-state index in [4.69, 9.17) is 0 Å². The second-order valence-electron chi connectivity index (χ2n) is 6.22. The van der Waals surface area contributed by atoms with Gasteiger partial charge in [0.15, 0.2) is 0 Å². The summed E-state index contributed by atoms with van der Waals surface area (Å²) in [7, 11) is 0. The number of benzene rings is 3. The number of carbonyl (C=O) groups is 2. The third-order valence-corrected chi connectivity index (χ3v) is 6.09. The molecule has 1 saturated heterocycles. The number of hydrogen-bond acceptors (Lipinski definition) is 4. The molecule has 3 nitrogen and oxygen atoms in total. The fraction of sp³-hybridized carbons (Fsp3) is 0.0909. The molecule has 0 aliphatic carbocycles. The number of thioether (sulfide) groups is 2. The molecule has 0 aromatic heterocycles. The summed E-state index contributed by atoms with van der Waals surface area (Å²) in [5, 5.41) is 2.02. The van der Waals surface area contributed by atoms with Crippen molar-refractivity contribution in [1.82, 2.24) is 4.90 Å². The van der Waals surface area contributed by atoms with Crippen LogP contribution in [0.15, 0.2) is 76.5 Å². The summed E-state index contributed by atoms with van der Waals surface area (Å²) < 4.78 is 0. The van der Waals surface area contributed by atoms with Crippen molar-refractivity contribution in [2.45, 2.75) is 11.4 Å². The first-order chi connectivity index (χ1) is 13.1. The second kappa shape index (κ2) is 7.62. The van der Waals surface area contributed by atoms with Gasteiger partial charge in [-0.25, -0.2) is 0 Å². The Balaban J connectivity index is 1.55. The van der Waals surface area contributed by atoms with Gasteiger partial charge >= 0.3 is 0 Å². The summed E-state index contributed by atoms with van der Waals surface area (Å²) in [6.45, 7) is 0.290. The molecule has 3 aromatic rings. The summed E-state index contributed by atoms with van der Waals surface area (Å²) in [5.41, 5.74) is 1.87. The van der Waals surface area contributed by atoms with E-state index in [0.717, 1.165) is 38.6 Å². The lowest BCUT2D eigenvalue weighted by Crippen LogP contribution is -2.27. The molecular formula is C22H17NO2S2. The standard InChI is InChI=1S/C22H17NO2S2/c1-26-19-10-7-15(8-11-19)13-20-21(24)23(22(25)27-20)14-16-6-9-17-4-2-3-5-18(17)12-16/h2-13H,14H2,1H3/b20-13-. The molecular weight excluding hydrogens is 374 g/mol. The Morgan fingerprint density at radius 3 is 2.44 bits per heavy atom. The molecule has 0 radical (unpaired) electrons. The van der Waals surface area contributed by atoms with Crippen LogP contribution in [0.4, 0.5) is 4.79 Å². The van der Waals surface area contributed by atoms with Crippen LogP contribution in [0.3, 0.4) is 0 Å². The first kappa shape index (κ1) is 17.9. The van der Waals surface area contributed by atoms with Gasteiger partial charge in [0, 0.05) is 4.90 Å². The third-order valence-electron chi connectivity index (χ3n) is 4.44. The Morgan fingerprint density at radius 1 is 0.963 bits per heavy atom. The number of carbonyl (C=O) groups excluding carboxylic acids is 2. The predicted octanol–water partition coefficient (Wildman–Crippen LogP) is 5.80. The van der Waals surface area contributed by atoms with Crippen molar-refractivity contribution in [2.75, 3.05) is 6.26 Å². The number of amides is 2. The van der Waals surface area contributed by atoms with Crippen LogP contribution < -0.4 is 0 Å². The van der Waals surface area contributed by atoms with Crippen molar-refractivity contribution in [3.63, 3.8) is 0 Å². The molecule has 0 bridgehead atoms. The van der Waals surface area contributed by atoms with Crippen molar-refractivity contribution < 1.29 is 9.59 Å². The van der Waals surface area contributed by atoms with Crippen LogP contribution in [0.2, 0.25) is 0 Å². The quantitative estimate of drug-likeness (QED) is 0.416. The largest absolute Gasteiger partial charge is 0.293 e. The highest BCUT2D eigenvalue weighted by Crippen LogP contribution is 2.33. The maximum Gasteiger partial charge on any atom is 0.293 e. The minimum atomic E-state index is -0.230. The van der Waals surface area contributed by atoms with Gasteiger partial charge < -0.3 is 0 Å². The van der Waals surface area contributed by atoms with Crippen molar-refractivity contribution in [3.05, 3.63) is 82.8 Å². The number of hydrogen-bond donors (Lipinski definition) is 0. The van der Waals surface area contributed by atoms with Crippen molar-refractivity contribution >= 4 is 51.5 Å². The maximum absolute atomic E-state index is 12.7. The highest BCUT2D eigenvalue weighted by atomic mass is 32.2. The van der Waals surface area contributed by atoms with E-state index in [-0.39, 0.29) is 17.7 Å². The molecule has 1 aliphatic heterocycles. The molecule has 0 spiro atoms. The molecule has 0 atom stereocenters. The minimum Gasteiger partial charge on any atom is -0.268 e. The Kier molecular flexibility index (Phi) is 5.05. The Morgan fingerprint density at radius 2 is 1.70 bits per heavy atom. The number of nitrogens with zero attached hydrogens (tertiary/aromatic N) is 1. The molecule has 5 heteroatoms. The summed E-state index contributed by atoms with van der Waals surface area (Å²) in [6, 6.07) is 22.0. The smallest absolute Gasteiger partial charge is 0.268 e. The van der Waals surface area contributed by atoms with Gasteiger partial charge in [-0.05, 0) is 64.2 Å². The van der Waals surface area contributed by atoms with Gasteiger partial charge in [0.05, 0.1) is 11.4 Å². The van der Waals surface area contributed by atoms with Gasteiger partial charge in [-0.1, -0.05) is 48.5 Å². The van der Waals surface area contributed by atoms with E-state index in [2.05, 4.69) is 0 Å². The van der Waals surface area contributed by atoms with Crippen LogP contribution in [0, 0.1) is 0 Å². The van der Waals surface area contributed by atoms with Gasteiger partial charge in [-0.15, -0.1) is 11.8 Å². The number of rotatable bonds is 4. The molecule has 134 valence electrons. The lowest BCUT2D eigenvalue weighted by atomic mass is 10.1. The normalized spacial score (nSPS) is 15.9. The van der Waals surface area contributed by atoms with Crippen LogP contribution >= 0.6 is 23.5 Å². The molecule has 1 fully saturated rings. The van der Waals surface area contributed by atoms with E-state index in [0.29, 0.717) is 4.91 Å². The van der Waals surface area contributed by atoms with Crippen molar-refractivity contribution in [3.8, 4) is 0 Å². The number of imide groups is 1. The molecule has 4 rings (SSSR count). The van der Waals surface area contributed by atoms with Crippen LogP contribution in [0.1, 0.15) is 11.1 Å². The molecule has 27 heavy (non-hydrogen) atoms. The molecule has 2 amide bonds.